The summed E-state index contributed by atoms with van der Waals surface area (Å²) in [6.45, 7) is 8.68. The summed E-state index contributed by atoms with van der Waals surface area (Å²) in [5.74, 6) is 1.13. The predicted octanol–water partition coefficient (Wildman–Crippen LogP) is 5.16. The summed E-state index contributed by atoms with van der Waals surface area (Å²) in [7, 11) is 0. The van der Waals surface area contributed by atoms with Crippen molar-refractivity contribution in [3.63, 3.8) is 0 Å². The average Bonchev–Trinajstić information content (AvgIpc) is 3.03. The second-order valence-electron chi connectivity index (χ2n) is 7.20. The molecule has 5 heteroatoms. The molecule has 0 aliphatic carbocycles. The van der Waals surface area contributed by atoms with Gasteiger partial charge in [0, 0.05) is 5.56 Å². The number of hydrogen-bond acceptors (Lipinski definition) is 4. The average molecular weight is 363 g/mol. The summed E-state index contributed by atoms with van der Waals surface area (Å²) in [5.41, 5.74) is 4.57. The summed E-state index contributed by atoms with van der Waals surface area (Å²) in [6, 6.07) is 18.8. The Bertz CT molecular complexity index is 943. The molecule has 0 fully saturated rings. The lowest BCUT2D eigenvalue weighted by molar-refractivity contribution is 0.590. The van der Waals surface area contributed by atoms with Crippen LogP contribution in [0.2, 0.25) is 0 Å². The van der Waals surface area contributed by atoms with Gasteiger partial charge >= 0.3 is 0 Å². The molecule has 3 aromatic rings. The molecule has 0 spiro atoms. The predicted molar refractivity (Wildman–Crippen MR) is 107 cm³/mol. The van der Waals surface area contributed by atoms with E-state index in [-0.39, 0.29) is 5.41 Å². The van der Waals surface area contributed by atoms with E-state index in [1.54, 1.807) is 0 Å². The van der Waals surface area contributed by atoms with Crippen LogP contribution in [0.25, 0.3) is 17.1 Å². The van der Waals surface area contributed by atoms with E-state index in [0.717, 1.165) is 27.8 Å². The molecule has 4 nitrogen and oxygen atoms in total. The molecule has 0 aliphatic heterocycles. The first kappa shape index (κ1) is 18.2. The van der Waals surface area contributed by atoms with Crippen LogP contribution in [0.3, 0.4) is 0 Å². The van der Waals surface area contributed by atoms with Crippen LogP contribution in [0.15, 0.2) is 53.7 Å². The van der Waals surface area contributed by atoms with Gasteiger partial charge in [0.05, 0.1) is 17.5 Å². The summed E-state index contributed by atoms with van der Waals surface area (Å²) >= 11 is 1.40. The van der Waals surface area contributed by atoms with Gasteiger partial charge in [0.25, 0.3) is 0 Å². The Morgan fingerprint density at radius 2 is 1.73 bits per heavy atom. The number of thioether (sulfide) groups is 1. The Labute approximate surface area is 158 Å². The zero-order valence-electron chi connectivity index (χ0n) is 15.5. The van der Waals surface area contributed by atoms with Crippen LogP contribution < -0.4 is 0 Å². The van der Waals surface area contributed by atoms with Crippen LogP contribution in [-0.2, 0) is 5.41 Å². The van der Waals surface area contributed by atoms with Crippen LogP contribution >= 0.6 is 11.8 Å². The van der Waals surface area contributed by atoms with Gasteiger partial charge in [-0.15, -0.1) is 10.2 Å². The van der Waals surface area contributed by atoms with Gasteiger partial charge in [0.15, 0.2) is 11.0 Å². The van der Waals surface area contributed by atoms with E-state index in [2.05, 4.69) is 80.4 Å². The molecule has 26 heavy (non-hydrogen) atoms. The molecule has 0 aliphatic rings. The Morgan fingerprint density at radius 3 is 2.35 bits per heavy atom. The minimum absolute atomic E-state index is 0.107. The standard InChI is InChI=1S/C21H22N4S/c1-15-7-5-6-8-18(15)25-19(23-24-20(25)26-14-13-22)16-9-11-17(12-10-16)21(2,3)4/h5-12H,14H2,1-4H3. The Morgan fingerprint density at radius 1 is 1.04 bits per heavy atom. The lowest BCUT2D eigenvalue weighted by atomic mass is 9.87. The first-order valence-electron chi connectivity index (χ1n) is 8.54. The van der Waals surface area contributed by atoms with Crippen molar-refractivity contribution >= 4 is 11.8 Å². The summed E-state index contributed by atoms with van der Waals surface area (Å²) in [6.07, 6.45) is 0. The molecule has 1 heterocycles. The van der Waals surface area contributed by atoms with E-state index in [0.29, 0.717) is 5.75 Å². The number of benzene rings is 2. The van der Waals surface area contributed by atoms with E-state index in [1.807, 2.05) is 16.7 Å². The lowest BCUT2D eigenvalue weighted by Crippen LogP contribution is -2.10. The van der Waals surface area contributed by atoms with Crippen molar-refractivity contribution in [2.75, 3.05) is 5.75 Å². The van der Waals surface area contributed by atoms with Crippen molar-refractivity contribution in [3.8, 4) is 23.1 Å². The highest BCUT2D eigenvalue weighted by Crippen LogP contribution is 2.31. The normalized spacial score (nSPS) is 11.3. The summed E-state index contributed by atoms with van der Waals surface area (Å²) < 4.78 is 2.05. The van der Waals surface area contributed by atoms with Gasteiger partial charge in [0.1, 0.15) is 0 Å². The van der Waals surface area contributed by atoms with Crippen molar-refractivity contribution in [3.05, 3.63) is 59.7 Å². The number of rotatable bonds is 4. The fraction of sp³-hybridized carbons (Fsp3) is 0.286. The molecule has 1 aromatic heterocycles. The summed E-state index contributed by atoms with van der Waals surface area (Å²) in [4.78, 5) is 0. The fourth-order valence-corrected chi connectivity index (χ4v) is 3.40. The van der Waals surface area contributed by atoms with Gasteiger partial charge in [-0.2, -0.15) is 5.26 Å². The molecule has 0 saturated carbocycles. The van der Waals surface area contributed by atoms with Crippen molar-refractivity contribution in [2.24, 2.45) is 0 Å². The maximum Gasteiger partial charge on any atom is 0.197 e. The second-order valence-corrected chi connectivity index (χ2v) is 8.14. The Hall–Kier alpha value is -2.58. The SMILES string of the molecule is Cc1ccccc1-n1c(SCC#N)nnc1-c1ccc(C(C)(C)C)cc1. The minimum Gasteiger partial charge on any atom is -0.270 e. The number of aromatic nitrogens is 3. The number of hydrogen-bond donors (Lipinski definition) is 0. The van der Waals surface area contributed by atoms with E-state index < -0.39 is 0 Å². The lowest BCUT2D eigenvalue weighted by Gasteiger charge is -2.19. The summed E-state index contributed by atoms with van der Waals surface area (Å²) in [5, 5.41) is 18.5. The van der Waals surface area contributed by atoms with Gasteiger partial charge in [0.2, 0.25) is 0 Å². The quantitative estimate of drug-likeness (QED) is 0.602. The van der Waals surface area contributed by atoms with Gasteiger partial charge in [-0.05, 0) is 29.5 Å². The Kier molecular flexibility index (Phi) is 5.15. The molecule has 0 atom stereocenters. The first-order chi connectivity index (χ1) is 12.4. The van der Waals surface area contributed by atoms with E-state index in [9.17, 15) is 0 Å². The maximum absolute atomic E-state index is 8.95. The fourth-order valence-electron chi connectivity index (χ4n) is 2.80. The van der Waals surface area contributed by atoms with Crippen LogP contribution in [-0.4, -0.2) is 20.5 Å². The third kappa shape index (κ3) is 3.66. The van der Waals surface area contributed by atoms with Gasteiger partial charge in [-0.3, -0.25) is 4.57 Å². The number of para-hydroxylation sites is 1. The topological polar surface area (TPSA) is 54.5 Å². The smallest absolute Gasteiger partial charge is 0.197 e. The van der Waals surface area contributed by atoms with Crippen LogP contribution in [0.4, 0.5) is 0 Å². The molecule has 0 saturated heterocycles. The molecule has 0 amide bonds. The first-order valence-corrected chi connectivity index (χ1v) is 9.52. The second kappa shape index (κ2) is 7.35. The zero-order chi connectivity index (χ0) is 18.7. The largest absolute Gasteiger partial charge is 0.270 e. The maximum atomic E-state index is 8.95. The zero-order valence-corrected chi connectivity index (χ0v) is 16.3. The van der Waals surface area contributed by atoms with Gasteiger partial charge in [-0.25, -0.2) is 0 Å². The molecule has 0 bridgehead atoms. The van der Waals surface area contributed by atoms with Crippen molar-refractivity contribution in [1.29, 1.82) is 5.26 Å². The molecule has 0 unspecified atom stereocenters. The highest BCUT2D eigenvalue weighted by Gasteiger charge is 2.18. The molecular formula is C21H22N4S. The van der Waals surface area contributed by atoms with Gasteiger partial charge in [-0.1, -0.05) is 75.0 Å². The highest BCUT2D eigenvalue weighted by atomic mass is 32.2. The molecule has 2 aromatic carbocycles. The van der Waals surface area contributed by atoms with Crippen molar-refractivity contribution in [1.82, 2.24) is 14.8 Å². The Balaban J connectivity index is 2.12. The number of aryl methyl sites for hydroxylation is 1. The molecule has 0 radical (unpaired) electrons. The van der Waals surface area contributed by atoms with E-state index >= 15 is 0 Å². The molecular weight excluding hydrogens is 340 g/mol. The van der Waals surface area contributed by atoms with E-state index in [1.165, 1.54) is 17.3 Å². The third-order valence-corrected chi connectivity index (χ3v) is 5.06. The van der Waals surface area contributed by atoms with Crippen molar-refractivity contribution in [2.45, 2.75) is 38.3 Å². The number of nitriles is 1. The molecule has 3 rings (SSSR count). The van der Waals surface area contributed by atoms with Gasteiger partial charge < -0.3 is 0 Å². The number of nitrogens with zero attached hydrogens (tertiary/aromatic N) is 4. The van der Waals surface area contributed by atoms with Crippen molar-refractivity contribution < 1.29 is 0 Å². The monoisotopic (exact) mass is 362 g/mol. The van der Waals surface area contributed by atoms with Crippen LogP contribution in [0.1, 0.15) is 31.9 Å². The third-order valence-electron chi connectivity index (χ3n) is 4.26. The van der Waals surface area contributed by atoms with Crippen LogP contribution in [0, 0.1) is 18.3 Å². The molecule has 132 valence electrons. The highest BCUT2D eigenvalue weighted by molar-refractivity contribution is 7.99. The van der Waals surface area contributed by atoms with Crippen LogP contribution in [0.5, 0.6) is 0 Å². The minimum atomic E-state index is 0.107. The molecule has 0 N–H and O–H groups in total. The van der Waals surface area contributed by atoms with E-state index in [4.69, 9.17) is 5.26 Å².